The van der Waals surface area contributed by atoms with E-state index in [9.17, 15) is 5.11 Å². The number of aliphatic hydroxyl groups is 1. The normalized spacial score (nSPS) is 27.3. The molecule has 120 valence electrons. The fourth-order valence-electron chi connectivity index (χ4n) is 3.43. The molecule has 0 saturated heterocycles. The Balaban J connectivity index is 2.05. The number of hydrogen-bond donors (Lipinski definition) is 1. The van der Waals surface area contributed by atoms with E-state index in [1.807, 2.05) is 4.68 Å². The maximum Gasteiger partial charge on any atom is 0.138 e. The minimum atomic E-state index is -0.187. The van der Waals surface area contributed by atoms with Crippen LogP contribution in [0.15, 0.2) is 6.33 Å². The molecule has 0 aromatic carbocycles. The molecule has 1 aliphatic carbocycles. The molecule has 0 bridgehead atoms. The van der Waals surface area contributed by atoms with E-state index in [-0.39, 0.29) is 6.10 Å². The van der Waals surface area contributed by atoms with Crippen LogP contribution < -0.4 is 0 Å². The highest BCUT2D eigenvalue weighted by Crippen LogP contribution is 2.41. The summed E-state index contributed by atoms with van der Waals surface area (Å²) in [5.41, 5.74) is 0.323. The quantitative estimate of drug-likeness (QED) is 0.926. The molecule has 3 unspecified atom stereocenters. The molecule has 4 heteroatoms. The van der Waals surface area contributed by atoms with Gasteiger partial charge >= 0.3 is 0 Å². The van der Waals surface area contributed by atoms with Crippen LogP contribution in [0.1, 0.15) is 59.7 Å². The van der Waals surface area contributed by atoms with Crippen LogP contribution in [0.5, 0.6) is 0 Å². The van der Waals surface area contributed by atoms with E-state index in [1.165, 1.54) is 0 Å². The zero-order valence-corrected chi connectivity index (χ0v) is 14.2. The van der Waals surface area contributed by atoms with E-state index in [0.717, 1.165) is 38.1 Å². The third-order valence-electron chi connectivity index (χ3n) is 4.85. The van der Waals surface area contributed by atoms with Crippen molar-refractivity contribution in [1.29, 1.82) is 0 Å². The lowest BCUT2D eigenvalue weighted by molar-refractivity contribution is 0.0183. The first-order chi connectivity index (χ1) is 9.77. The van der Waals surface area contributed by atoms with Crippen LogP contribution in [0, 0.1) is 23.2 Å². The summed E-state index contributed by atoms with van der Waals surface area (Å²) in [6.07, 6.45) is 5.46. The third kappa shape index (κ3) is 4.29. The van der Waals surface area contributed by atoms with E-state index in [0.29, 0.717) is 23.2 Å². The van der Waals surface area contributed by atoms with Gasteiger partial charge < -0.3 is 5.11 Å². The summed E-state index contributed by atoms with van der Waals surface area (Å²) in [5, 5.41) is 14.7. The molecule has 0 radical (unpaired) electrons. The lowest BCUT2D eigenvalue weighted by Gasteiger charge is -2.40. The Morgan fingerprint density at radius 3 is 2.67 bits per heavy atom. The summed E-state index contributed by atoms with van der Waals surface area (Å²) in [6.45, 7) is 12.2. The SMILES string of the molecule is CC(C)Cn1ncnc1CC1CC(C(C)(C)C)CCC1O. The Bertz CT molecular complexity index is 447. The van der Waals surface area contributed by atoms with Gasteiger partial charge in [-0.25, -0.2) is 9.67 Å². The lowest BCUT2D eigenvalue weighted by Crippen LogP contribution is -2.36. The maximum absolute atomic E-state index is 10.4. The van der Waals surface area contributed by atoms with Crippen LogP contribution >= 0.6 is 0 Å². The molecule has 0 spiro atoms. The van der Waals surface area contributed by atoms with Crippen molar-refractivity contribution in [2.24, 2.45) is 23.2 Å². The predicted octanol–water partition coefficient (Wildman–Crippen LogP) is 3.30. The van der Waals surface area contributed by atoms with Gasteiger partial charge in [0.05, 0.1) is 6.10 Å². The van der Waals surface area contributed by atoms with Gasteiger partial charge in [0.1, 0.15) is 12.2 Å². The third-order valence-corrected chi connectivity index (χ3v) is 4.85. The first-order valence-corrected chi connectivity index (χ1v) is 8.32. The van der Waals surface area contributed by atoms with Crippen molar-refractivity contribution >= 4 is 0 Å². The van der Waals surface area contributed by atoms with E-state index < -0.39 is 0 Å². The Morgan fingerprint density at radius 2 is 2.05 bits per heavy atom. The van der Waals surface area contributed by atoms with Crippen LogP contribution in [-0.4, -0.2) is 26.0 Å². The summed E-state index contributed by atoms with van der Waals surface area (Å²) in [4.78, 5) is 4.43. The minimum absolute atomic E-state index is 0.187. The fraction of sp³-hybridized carbons (Fsp3) is 0.882. The highest BCUT2D eigenvalue weighted by atomic mass is 16.3. The van der Waals surface area contributed by atoms with Gasteiger partial charge in [0, 0.05) is 13.0 Å². The van der Waals surface area contributed by atoms with E-state index in [2.05, 4.69) is 44.7 Å². The molecule has 1 fully saturated rings. The Labute approximate surface area is 129 Å². The van der Waals surface area contributed by atoms with Crippen LogP contribution in [0.4, 0.5) is 0 Å². The lowest BCUT2D eigenvalue weighted by atomic mass is 9.67. The van der Waals surface area contributed by atoms with Gasteiger partial charge in [0.25, 0.3) is 0 Å². The molecular weight excluding hydrogens is 262 g/mol. The van der Waals surface area contributed by atoms with Crippen molar-refractivity contribution < 1.29 is 5.11 Å². The first kappa shape index (κ1) is 16.5. The van der Waals surface area contributed by atoms with Crippen molar-refractivity contribution in [2.75, 3.05) is 0 Å². The number of aliphatic hydroxyl groups excluding tert-OH is 1. The van der Waals surface area contributed by atoms with E-state index >= 15 is 0 Å². The minimum Gasteiger partial charge on any atom is -0.393 e. The predicted molar refractivity (Wildman–Crippen MR) is 84.9 cm³/mol. The molecule has 1 saturated carbocycles. The molecule has 1 aromatic rings. The number of nitrogens with zero attached hydrogens (tertiary/aromatic N) is 3. The van der Waals surface area contributed by atoms with Crippen molar-refractivity contribution in [2.45, 2.75) is 73.0 Å². The van der Waals surface area contributed by atoms with E-state index in [1.54, 1.807) is 6.33 Å². The highest BCUT2D eigenvalue weighted by molar-refractivity contribution is 4.94. The summed E-state index contributed by atoms with van der Waals surface area (Å²) in [7, 11) is 0. The van der Waals surface area contributed by atoms with Gasteiger partial charge in [-0.05, 0) is 42.4 Å². The van der Waals surface area contributed by atoms with Crippen LogP contribution in [0.2, 0.25) is 0 Å². The van der Waals surface area contributed by atoms with Crippen molar-refractivity contribution in [3.8, 4) is 0 Å². The molecule has 4 nitrogen and oxygen atoms in total. The molecular formula is C17H31N3O. The largest absolute Gasteiger partial charge is 0.393 e. The first-order valence-electron chi connectivity index (χ1n) is 8.32. The van der Waals surface area contributed by atoms with Crippen LogP contribution in [0.25, 0.3) is 0 Å². The van der Waals surface area contributed by atoms with Gasteiger partial charge in [-0.1, -0.05) is 34.6 Å². The van der Waals surface area contributed by atoms with Gasteiger partial charge in [0.2, 0.25) is 0 Å². The second-order valence-electron chi connectivity index (χ2n) is 8.16. The molecule has 0 aliphatic heterocycles. The molecule has 1 aromatic heterocycles. The number of hydrogen-bond acceptors (Lipinski definition) is 3. The monoisotopic (exact) mass is 293 g/mol. The summed E-state index contributed by atoms with van der Waals surface area (Å²) < 4.78 is 2.01. The number of rotatable bonds is 4. The summed E-state index contributed by atoms with van der Waals surface area (Å²) >= 11 is 0. The van der Waals surface area contributed by atoms with Gasteiger partial charge in [-0.15, -0.1) is 0 Å². The average Bonchev–Trinajstić information content (AvgIpc) is 2.77. The van der Waals surface area contributed by atoms with Crippen LogP contribution in [0.3, 0.4) is 0 Å². The summed E-state index contributed by atoms with van der Waals surface area (Å²) in [5.74, 6) is 2.59. The average molecular weight is 293 g/mol. The second kappa shape index (κ2) is 6.47. The molecule has 1 heterocycles. The molecule has 0 amide bonds. The maximum atomic E-state index is 10.4. The second-order valence-corrected chi connectivity index (χ2v) is 8.16. The van der Waals surface area contributed by atoms with Crippen molar-refractivity contribution in [1.82, 2.24) is 14.8 Å². The smallest absolute Gasteiger partial charge is 0.138 e. The van der Waals surface area contributed by atoms with Gasteiger partial charge in [-0.3, -0.25) is 0 Å². The molecule has 2 rings (SSSR count). The Hall–Kier alpha value is -0.900. The fourth-order valence-corrected chi connectivity index (χ4v) is 3.43. The molecule has 1 N–H and O–H groups in total. The zero-order chi connectivity index (χ0) is 15.6. The number of aromatic nitrogens is 3. The van der Waals surface area contributed by atoms with Gasteiger partial charge in [0.15, 0.2) is 0 Å². The van der Waals surface area contributed by atoms with Gasteiger partial charge in [-0.2, -0.15) is 5.10 Å². The van der Waals surface area contributed by atoms with Crippen molar-refractivity contribution in [3.63, 3.8) is 0 Å². The molecule has 3 atom stereocenters. The standard InChI is InChI=1S/C17H31N3O/c1-12(2)10-20-16(18-11-19-20)9-13-8-14(17(3,4)5)6-7-15(13)21/h11-15,21H,6-10H2,1-5H3. The van der Waals surface area contributed by atoms with Crippen LogP contribution in [-0.2, 0) is 13.0 Å². The van der Waals surface area contributed by atoms with Crippen molar-refractivity contribution in [3.05, 3.63) is 12.2 Å². The Kier molecular flexibility index (Phi) is 5.07. The highest BCUT2D eigenvalue weighted by Gasteiger charge is 2.35. The topological polar surface area (TPSA) is 50.9 Å². The zero-order valence-electron chi connectivity index (χ0n) is 14.2. The molecule has 1 aliphatic rings. The summed E-state index contributed by atoms with van der Waals surface area (Å²) in [6, 6.07) is 0. The van der Waals surface area contributed by atoms with E-state index in [4.69, 9.17) is 0 Å². The Morgan fingerprint density at radius 1 is 1.33 bits per heavy atom. The molecule has 21 heavy (non-hydrogen) atoms.